The van der Waals surface area contributed by atoms with E-state index in [0.29, 0.717) is 0 Å². The number of ether oxygens (including phenoxy) is 1. The van der Waals surface area contributed by atoms with Crippen LogP contribution in [0.2, 0.25) is 0 Å². The van der Waals surface area contributed by atoms with Crippen LogP contribution in [0.3, 0.4) is 0 Å². The van der Waals surface area contributed by atoms with Crippen molar-refractivity contribution in [3.8, 4) is 0 Å². The van der Waals surface area contributed by atoms with Gasteiger partial charge >= 0.3 is 18.0 Å². The van der Waals surface area contributed by atoms with Crippen LogP contribution in [-0.4, -0.2) is 101 Å². The zero-order valence-corrected chi connectivity index (χ0v) is 23.2. The van der Waals surface area contributed by atoms with Crippen LogP contribution in [0.5, 0.6) is 0 Å². The predicted octanol–water partition coefficient (Wildman–Crippen LogP) is 3.67. The number of hydrogen-bond donors (Lipinski definition) is 4. The Balaban J connectivity index is 0.000000798. The molecule has 0 aromatic carbocycles. The van der Waals surface area contributed by atoms with Crippen LogP contribution in [0.4, 0.5) is 10.5 Å². The number of pyridine rings is 1. The minimum absolute atomic E-state index is 0.138. The van der Waals surface area contributed by atoms with Crippen molar-refractivity contribution in [3.05, 3.63) is 24.5 Å². The second-order valence-corrected chi connectivity index (χ2v) is 10.1. The zero-order chi connectivity index (χ0) is 28.1. The number of aliphatic carboxylic acids is 2. The third-order valence-corrected chi connectivity index (χ3v) is 7.14. The Morgan fingerprint density at radius 2 is 1.51 bits per heavy atom. The number of morpholine rings is 1. The smallest absolute Gasteiger partial charge is 0.414 e. The Labute approximate surface area is 232 Å². The molecule has 0 spiro atoms. The van der Waals surface area contributed by atoms with E-state index in [4.69, 9.17) is 24.5 Å². The van der Waals surface area contributed by atoms with E-state index in [1.54, 1.807) is 24.5 Å². The Hall–Kier alpha value is -2.76. The molecule has 11 heteroatoms. The average Bonchev–Trinajstić information content (AvgIpc) is 2.95. The lowest BCUT2D eigenvalue weighted by molar-refractivity contribution is -0.159. The third kappa shape index (κ3) is 15.4. The molecule has 2 fully saturated rings. The maximum absolute atomic E-state index is 11.9. The number of carbonyl (C=O) groups excluding carboxylic acids is 1. The van der Waals surface area contributed by atoms with Gasteiger partial charge in [0.15, 0.2) is 0 Å². The van der Waals surface area contributed by atoms with Gasteiger partial charge in [0, 0.05) is 43.8 Å². The van der Waals surface area contributed by atoms with E-state index in [-0.39, 0.29) is 6.03 Å². The molecule has 1 aromatic heterocycles. The number of urea groups is 1. The molecule has 0 atom stereocenters. The number of anilines is 1. The average molecular weight is 550 g/mol. The largest absolute Gasteiger partial charge is 0.473 e. The number of aromatic nitrogens is 1. The van der Waals surface area contributed by atoms with E-state index in [1.165, 1.54) is 83.8 Å². The maximum atomic E-state index is 11.9. The first-order valence-electron chi connectivity index (χ1n) is 14.4. The molecule has 11 nitrogen and oxygen atoms in total. The van der Waals surface area contributed by atoms with E-state index in [0.717, 1.165) is 51.0 Å². The second kappa shape index (κ2) is 20.2. The summed E-state index contributed by atoms with van der Waals surface area (Å²) in [6.07, 6.45) is 17.7. The highest BCUT2D eigenvalue weighted by Gasteiger charge is 2.21. The van der Waals surface area contributed by atoms with Crippen LogP contribution >= 0.6 is 0 Å². The summed E-state index contributed by atoms with van der Waals surface area (Å²) in [6.45, 7) is 8.45. The van der Waals surface area contributed by atoms with Gasteiger partial charge in [-0.25, -0.2) is 14.4 Å². The molecule has 2 amide bonds. The number of amides is 2. The van der Waals surface area contributed by atoms with Crippen molar-refractivity contribution in [2.24, 2.45) is 0 Å². The Morgan fingerprint density at radius 3 is 2.18 bits per heavy atom. The van der Waals surface area contributed by atoms with Gasteiger partial charge in [0.25, 0.3) is 0 Å². The lowest BCUT2D eigenvalue weighted by atomic mass is 9.93. The summed E-state index contributed by atoms with van der Waals surface area (Å²) < 4.78 is 5.48. The molecule has 2 heterocycles. The molecule has 1 aromatic rings. The van der Waals surface area contributed by atoms with Gasteiger partial charge in [-0.05, 0) is 63.9 Å². The lowest BCUT2D eigenvalue weighted by Gasteiger charge is -2.35. The molecule has 2 aliphatic rings. The summed E-state index contributed by atoms with van der Waals surface area (Å²) in [5.74, 6) is -3.65. The van der Waals surface area contributed by atoms with Crippen molar-refractivity contribution in [2.75, 3.05) is 57.8 Å². The number of carboxylic acid groups (broad SMARTS) is 2. The Kier molecular flexibility index (Phi) is 16.8. The molecular formula is C28H47N5O6. The lowest BCUT2D eigenvalue weighted by Crippen LogP contribution is -2.41. The molecular weight excluding hydrogens is 502 g/mol. The number of unbranched alkanes of at least 4 members (excludes halogenated alkanes) is 4. The molecule has 1 saturated carbocycles. The van der Waals surface area contributed by atoms with Crippen LogP contribution in [0.1, 0.15) is 70.6 Å². The maximum Gasteiger partial charge on any atom is 0.414 e. The number of hydrogen-bond acceptors (Lipinski definition) is 7. The summed E-state index contributed by atoms with van der Waals surface area (Å²) in [5, 5.41) is 20.6. The first-order chi connectivity index (χ1) is 19.0. The predicted molar refractivity (Wildman–Crippen MR) is 150 cm³/mol. The molecule has 0 radical (unpaired) electrons. The number of nitrogens with one attached hydrogen (secondary N) is 2. The van der Waals surface area contributed by atoms with Crippen molar-refractivity contribution in [1.29, 1.82) is 0 Å². The minimum atomic E-state index is -1.82. The molecule has 0 bridgehead atoms. The SMILES string of the molecule is O=C(NCCCCCCCN(CCCN1CCOCC1)C1CCCCC1)Nc1ccncc1.O=C(O)C(=O)O. The van der Waals surface area contributed by atoms with Crippen LogP contribution < -0.4 is 10.6 Å². The first kappa shape index (κ1) is 32.5. The fourth-order valence-corrected chi connectivity index (χ4v) is 5.03. The minimum Gasteiger partial charge on any atom is -0.473 e. The van der Waals surface area contributed by atoms with Crippen molar-refractivity contribution < 1.29 is 29.3 Å². The van der Waals surface area contributed by atoms with Gasteiger partial charge in [-0.3, -0.25) is 9.88 Å². The summed E-state index contributed by atoms with van der Waals surface area (Å²) in [6, 6.07) is 4.26. The van der Waals surface area contributed by atoms with E-state index in [2.05, 4.69) is 25.4 Å². The van der Waals surface area contributed by atoms with E-state index in [9.17, 15) is 4.79 Å². The first-order valence-corrected chi connectivity index (χ1v) is 14.4. The van der Waals surface area contributed by atoms with Crippen molar-refractivity contribution >= 4 is 23.7 Å². The molecule has 1 aliphatic carbocycles. The highest BCUT2D eigenvalue weighted by atomic mass is 16.5. The molecule has 4 N–H and O–H groups in total. The van der Waals surface area contributed by atoms with Gasteiger partial charge in [0.05, 0.1) is 13.2 Å². The third-order valence-electron chi connectivity index (χ3n) is 7.14. The normalized spacial score (nSPS) is 16.2. The van der Waals surface area contributed by atoms with E-state index in [1.807, 2.05) is 0 Å². The zero-order valence-electron chi connectivity index (χ0n) is 23.2. The fourth-order valence-electron chi connectivity index (χ4n) is 5.03. The van der Waals surface area contributed by atoms with E-state index < -0.39 is 11.9 Å². The standard InChI is InChI=1S/C26H45N5O2.C2H2O4/c32-26(29-24-12-15-27-16-13-24)28-14-7-2-1-3-8-18-31(25-10-5-4-6-11-25)19-9-17-30-20-22-33-23-21-30;3-1(4)2(5)6/h12-13,15-16,25H,1-11,14,17-23H2,(H2,27,28,29,32);(H,3,4)(H,5,6). The summed E-state index contributed by atoms with van der Waals surface area (Å²) in [5.41, 5.74) is 0.773. The van der Waals surface area contributed by atoms with Crippen molar-refractivity contribution in [2.45, 2.75) is 76.7 Å². The van der Waals surface area contributed by atoms with Crippen LogP contribution in [0.15, 0.2) is 24.5 Å². The van der Waals surface area contributed by atoms with Crippen LogP contribution in [0.25, 0.3) is 0 Å². The van der Waals surface area contributed by atoms with Gasteiger partial charge < -0.3 is 30.5 Å². The fraction of sp³-hybridized carbons (Fsp3) is 0.714. The Bertz CT molecular complexity index is 804. The summed E-state index contributed by atoms with van der Waals surface area (Å²) >= 11 is 0. The number of nitrogens with zero attached hydrogens (tertiary/aromatic N) is 3. The van der Waals surface area contributed by atoms with E-state index >= 15 is 0 Å². The van der Waals surface area contributed by atoms with Crippen LogP contribution in [0, 0.1) is 0 Å². The molecule has 1 aliphatic heterocycles. The molecule has 220 valence electrons. The highest BCUT2D eigenvalue weighted by molar-refractivity contribution is 6.27. The number of carboxylic acids is 2. The van der Waals surface area contributed by atoms with Gasteiger partial charge in [0.2, 0.25) is 0 Å². The molecule has 0 unspecified atom stereocenters. The van der Waals surface area contributed by atoms with Gasteiger partial charge in [-0.15, -0.1) is 0 Å². The second-order valence-electron chi connectivity index (χ2n) is 10.1. The van der Waals surface area contributed by atoms with Gasteiger partial charge in [-0.2, -0.15) is 0 Å². The number of rotatable bonds is 14. The van der Waals surface area contributed by atoms with Crippen molar-refractivity contribution in [1.82, 2.24) is 20.1 Å². The summed E-state index contributed by atoms with van der Waals surface area (Å²) in [7, 11) is 0. The topological polar surface area (TPSA) is 144 Å². The Morgan fingerprint density at radius 1 is 0.897 bits per heavy atom. The van der Waals surface area contributed by atoms with Gasteiger partial charge in [0.1, 0.15) is 0 Å². The molecule has 1 saturated heterocycles. The molecule has 39 heavy (non-hydrogen) atoms. The van der Waals surface area contributed by atoms with Crippen LogP contribution in [-0.2, 0) is 14.3 Å². The monoisotopic (exact) mass is 549 g/mol. The highest BCUT2D eigenvalue weighted by Crippen LogP contribution is 2.23. The quantitative estimate of drug-likeness (QED) is 0.202. The molecule has 3 rings (SSSR count). The summed E-state index contributed by atoms with van der Waals surface area (Å²) in [4.78, 5) is 39.4. The number of carbonyl (C=O) groups is 3. The van der Waals surface area contributed by atoms with Gasteiger partial charge in [-0.1, -0.05) is 38.5 Å². The van der Waals surface area contributed by atoms with Crippen molar-refractivity contribution in [3.63, 3.8) is 0 Å².